The molecule has 0 fully saturated rings. The zero-order chi connectivity index (χ0) is 22.8. The SMILES string of the molecule is CC(C)c1ccc(NC(=O)CSc2ncnc3nc(N4CCc5ccccc5C4)sc23)cc1. The Hall–Kier alpha value is -2.97. The van der Waals surface area contributed by atoms with Gasteiger partial charge in [-0.05, 0) is 41.2 Å². The van der Waals surface area contributed by atoms with Gasteiger partial charge in [-0.15, -0.1) is 0 Å². The minimum absolute atomic E-state index is 0.0542. The van der Waals surface area contributed by atoms with Crippen LogP contribution in [0.2, 0.25) is 0 Å². The number of amides is 1. The molecule has 1 aliphatic heterocycles. The molecule has 2 aromatic heterocycles. The number of thioether (sulfide) groups is 1. The highest BCUT2D eigenvalue weighted by Crippen LogP contribution is 2.35. The van der Waals surface area contributed by atoms with Crippen molar-refractivity contribution < 1.29 is 4.79 Å². The van der Waals surface area contributed by atoms with Crippen LogP contribution in [0.5, 0.6) is 0 Å². The van der Waals surface area contributed by atoms with Gasteiger partial charge in [-0.25, -0.2) is 9.97 Å². The van der Waals surface area contributed by atoms with Gasteiger partial charge >= 0.3 is 0 Å². The number of benzene rings is 2. The van der Waals surface area contributed by atoms with E-state index < -0.39 is 0 Å². The Bertz CT molecular complexity index is 1290. The first kappa shape index (κ1) is 21.9. The summed E-state index contributed by atoms with van der Waals surface area (Å²) in [5, 5.41) is 4.72. The number of carbonyl (C=O) groups is 1. The molecule has 168 valence electrons. The van der Waals surface area contributed by atoms with Crippen LogP contribution in [-0.4, -0.2) is 33.2 Å². The highest BCUT2D eigenvalue weighted by Gasteiger charge is 2.21. The Morgan fingerprint density at radius 2 is 1.91 bits per heavy atom. The van der Waals surface area contributed by atoms with E-state index in [9.17, 15) is 4.79 Å². The van der Waals surface area contributed by atoms with Gasteiger partial charge in [0.1, 0.15) is 16.1 Å². The van der Waals surface area contributed by atoms with Crippen LogP contribution in [0.15, 0.2) is 59.9 Å². The number of nitrogens with zero attached hydrogens (tertiary/aromatic N) is 4. The number of fused-ring (bicyclic) bond motifs is 2. The van der Waals surface area contributed by atoms with E-state index in [-0.39, 0.29) is 11.7 Å². The minimum Gasteiger partial charge on any atom is -0.343 e. The van der Waals surface area contributed by atoms with Crippen LogP contribution in [0.1, 0.15) is 36.5 Å². The third-order valence-corrected chi connectivity index (χ3v) is 7.98. The lowest BCUT2D eigenvalue weighted by Crippen LogP contribution is -2.30. The first-order valence-corrected chi connectivity index (χ1v) is 12.8. The van der Waals surface area contributed by atoms with Crippen LogP contribution in [0.3, 0.4) is 0 Å². The fraction of sp³-hybridized carbons (Fsp3) is 0.280. The Morgan fingerprint density at radius 3 is 2.70 bits per heavy atom. The maximum absolute atomic E-state index is 12.5. The lowest BCUT2D eigenvalue weighted by atomic mass is 10.0. The van der Waals surface area contributed by atoms with E-state index >= 15 is 0 Å². The number of nitrogens with one attached hydrogen (secondary N) is 1. The smallest absolute Gasteiger partial charge is 0.234 e. The molecule has 0 aliphatic carbocycles. The predicted octanol–water partition coefficient (Wildman–Crippen LogP) is 5.50. The normalized spacial score (nSPS) is 13.4. The van der Waals surface area contributed by atoms with Gasteiger partial charge in [0, 0.05) is 18.8 Å². The van der Waals surface area contributed by atoms with Crippen molar-refractivity contribution in [1.29, 1.82) is 0 Å². The molecular formula is C25H25N5OS2. The van der Waals surface area contributed by atoms with Crippen molar-refractivity contribution >= 4 is 50.2 Å². The van der Waals surface area contributed by atoms with Gasteiger partial charge < -0.3 is 10.2 Å². The van der Waals surface area contributed by atoms with E-state index in [0.29, 0.717) is 11.6 Å². The minimum atomic E-state index is -0.0542. The third-order valence-electron chi connectivity index (χ3n) is 5.75. The molecule has 0 spiro atoms. The number of carbonyl (C=O) groups excluding carboxylic acids is 1. The van der Waals surface area contributed by atoms with Gasteiger partial charge in [-0.2, -0.15) is 4.98 Å². The van der Waals surface area contributed by atoms with Crippen LogP contribution in [0.4, 0.5) is 10.8 Å². The number of hydrogen-bond donors (Lipinski definition) is 1. The molecule has 4 aromatic rings. The lowest BCUT2D eigenvalue weighted by Gasteiger charge is -2.28. The summed E-state index contributed by atoms with van der Waals surface area (Å²) < 4.78 is 0.936. The maximum Gasteiger partial charge on any atom is 0.234 e. The topological polar surface area (TPSA) is 71.0 Å². The van der Waals surface area contributed by atoms with Gasteiger partial charge in [0.2, 0.25) is 5.91 Å². The Labute approximate surface area is 201 Å². The Morgan fingerprint density at radius 1 is 1.12 bits per heavy atom. The summed E-state index contributed by atoms with van der Waals surface area (Å²) in [7, 11) is 0. The first-order chi connectivity index (χ1) is 16.1. The molecule has 3 heterocycles. The van der Waals surface area contributed by atoms with Crippen molar-refractivity contribution in [2.75, 3.05) is 22.5 Å². The van der Waals surface area contributed by atoms with Crippen LogP contribution in [-0.2, 0) is 17.8 Å². The molecule has 2 aromatic carbocycles. The van der Waals surface area contributed by atoms with Crippen molar-refractivity contribution in [2.24, 2.45) is 0 Å². The maximum atomic E-state index is 12.5. The van der Waals surface area contributed by atoms with Crippen molar-refractivity contribution in [2.45, 2.75) is 37.8 Å². The fourth-order valence-corrected chi connectivity index (χ4v) is 5.82. The van der Waals surface area contributed by atoms with Gasteiger partial charge in [0.25, 0.3) is 0 Å². The summed E-state index contributed by atoms with van der Waals surface area (Å²) in [6.07, 6.45) is 2.54. The summed E-state index contributed by atoms with van der Waals surface area (Å²) in [6.45, 7) is 6.10. The van der Waals surface area contributed by atoms with Crippen LogP contribution < -0.4 is 10.2 Å². The standard InChI is InChI=1S/C25H25N5OS2/c1-16(2)17-7-9-20(10-8-17)28-21(31)14-32-24-22-23(26-15-27-24)29-25(33-22)30-12-11-18-5-3-4-6-19(18)13-30/h3-10,15-16H,11-14H2,1-2H3,(H,28,31). The molecule has 8 heteroatoms. The predicted molar refractivity (Wildman–Crippen MR) is 136 cm³/mol. The molecule has 1 aliphatic rings. The molecule has 0 unspecified atom stereocenters. The number of aromatic nitrogens is 3. The molecular weight excluding hydrogens is 450 g/mol. The summed E-state index contributed by atoms with van der Waals surface area (Å²) in [5.74, 6) is 0.693. The summed E-state index contributed by atoms with van der Waals surface area (Å²) in [5.41, 5.74) is 5.51. The zero-order valence-corrected chi connectivity index (χ0v) is 20.2. The fourth-order valence-electron chi connectivity index (χ4n) is 3.90. The van der Waals surface area contributed by atoms with Crippen molar-refractivity contribution in [3.8, 4) is 0 Å². The quantitative estimate of drug-likeness (QED) is 0.293. The number of rotatable bonds is 6. The van der Waals surface area contributed by atoms with E-state index in [1.807, 2.05) is 12.1 Å². The Kier molecular flexibility index (Phi) is 6.28. The number of thiazole rings is 1. The second kappa shape index (κ2) is 9.49. The average Bonchev–Trinajstić information content (AvgIpc) is 3.28. The highest BCUT2D eigenvalue weighted by atomic mass is 32.2. The molecule has 0 saturated heterocycles. The first-order valence-electron chi connectivity index (χ1n) is 11.0. The summed E-state index contributed by atoms with van der Waals surface area (Å²) in [4.78, 5) is 28.4. The largest absolute Gasteiger partial charge is 0.343 e. The Balaban J connectivity index is 1.26. The molecule has 6 nitrogen and oxygen atoms in total. The van der Waals surface area contributed by atoms with Crippen molar-refractivity contribution in [1.82, 2.24) is 15.0 Å². The van der Waals surface area contributed by atoms with Gasteiger partial charge in [0.15, 0.2) is 10.8 Å². The molecule has 1 N–H and O–H groups in total. The van der Waals surface area contributed by atoms with Crippen molar-refractivity contribution in [3.05, 3.63) is 71.5 Å². The zero-order valence-electron chi connectivity index (χ0n) is 18.6. The van der Waals surface area contributed by atoms with E-state index in [1.165, 1.54) is 34.8 Å². The van der Waals surface area contributed by atoms with Crippen LogP contribution >= 0.6 is 23.1 Å². The van der Waals surface area contributed by atoms with Gasteiger partial charge in [-0.3, -0.25) is 4.79 Å². The molecule has 0 radical (unpaired) electrons. The van der Waals surface area contributed by atoms with Gasteiger partial charge in [0.05, 0.1) is 5.75 Å². The average molecular weight is 476 g/mol. The third kappa shape index (κ3) is 4.86. The van der Waals surface area contributed by atoms with Crippen molar-refractivity contribution in [3.63, 3.8) is 0 Å². The second-order valence-electron chi connectivity index (χ2n) is 8.38. The lowest BCUT2D eigenvalue weighted by molar-refractivity contribution is -0.113. The summed E-state index contributed by atoms with van der Waals surface area (Å²) >= 11 is 3.02. The number of hydrogen-bond acceptors (Lipinski definition) is 7. The highest BCUT2D eigenvalue weighted by molar-refractivity contribution is 8.00. The molecule has 5 rings (SSSR count). The second-order valence-corrected chi connectivity index (χ2v) is 10.3. The van der Waals surface area contributed by atoms with E-state index in [0.717, 1.165) is 40.1 Å². The number of anilines is 2. The van der Waals surface area contributed by atoms with E-state index in [4.69, 9.17) is 4.98 Å². The van der Waals surface area contributed by atoms with Crippen LogP contribution in [0, 0.1) is 0 Å². The molecule has 0 atom stereocenters. The monoisotopic (exact) mass is 475 g/mol. The van der Waals surface area contributed by atoms with E-state index in [2.05, 4.69) is 70.4 Å². The van der Waals surface area contributed by atoms with Crippen LogP contribution in [0.25, 0.3) is 10.3 Å². The van der Waals surface area contributed by atoms with E-state index in [1.54, 1.807) is 11.3 Å². The molecule has 0 bridgehead atoms. The molecule has 33 heavy (non-hydrogen) atoms. The molecule has 1 amide bonds. The molecule has 0 saturated carbocycles. The van der Waals surface area contributed by atoms with Gasteiger partial charge in [-0.1, -0.05) is 73.3 Å². The summed E-state index contributed by atoms with van der Waals surface area (Å²) in [6, 6.07) is 16.6.